The number of nitrogens with zero attached hydrogens (tertiary/aromatic N) is 1. The molecule has 23 heavy (non-hydrogen) atoms. The van der Waals surface area contributed by atoms with E-state index in [-0.39, 0.29) is 0 Å². The Balaban J connectivity index is 3.11. The van der Waals surface area contributed by atoms with Crippen LogP contribution >= 0.6 is 24.8 Å². The Bertz CT molecular complexity index is 212. The lowest BCUT2D eigenvalue weighted by Crippen LogP contribution is -2.05. The summed E-state index contributed by atoms with van der Waals surface area (Å²) in [7, 11) is 0. The summed E-state index contributed by atoms with van der Waals surface area (Å²) in [5, 5.41) is 0. The van der Waals surface area contributed by atoms with Crippen molar-refractivity contribution in [1.82, 2.24) is 3.71 Å². The van der Waals surface area contributed by atoms with Gasteiger partial charge in [-0.2, -0.15) is 3.71 Å². The molecule has 0 aliphatic carbocycles. The molecule has 0 aromatic rings. The van der Waals surface area contributed by atoms with Gasteiger partial charge in [0.15, 0.2) is 0 Å². The predicted octanol–water partition coefficient (Wildman–Crippen LogP) is 8.06. The highest BCUT2D eigenvalue weighted by molar-refractivity contribution is 8.05. The van der Waals surface area contributed by atoms with E-state index in [1.54, 1.807) is 0 Å². The monoisotopic (exact) mass is 361 g/mol. The molecule has 0 amide bonds. The van der Waals surface area contributed by atoms with Crippen LogP contribution in [-0.4, -0.2) is 16.0 Å². The van der Waals surface area contributed by atoms with Crippen molar-refractivity contribution in [3.63, 3.8) is 0 Å². The minimum atomic E-state index is 1.14. The molecule has 0 unspecified atom stereocenters. The zero-order chi connectivity index (χ0) is 17.0. The maximum atomic E-state index is 4.58. The maximum absolute atomic E-state index is 4.58. The average Bonchev–Trinajstić information content (AvgIpc) is 2.56. The summed E-state index contributed by atoms with van der Waals surface area (Å²) in [5.41, 5.74) is 0. The van der Waals surface area contributed by atoms with Crippen molar-refractivity contribution >= 4 is 24.8 Å². The Morgan fingerprint density at radius 2 is 0.957 bits per heavy atom. The van der Waals surface area contributed by atoms with Gasteiger partial charge in [0.1, 0.15) is 0 Å². The van der Waals surface area contributed by atoms with Crippen LogP contribution in [0.4, 0.5) is 0 Å². The molecule has 1 nitrogen and oxygen atoms in total. The van der Waals surface area contributed by atoms with E-state index in [0.717, 1.165) is 6.54 Å². The molecule has 0 N–H and O–H groups in total. The minimum absolute atomic E-state index is 1.14. The largest absolute Gasteiger partial charge is 0.197 e. The van der Waals surface area contributed by atoms with Crippen molar-refractivity contribution in [2.75, 3.05) is 12.3 Å². The van der Waals surface area contributed by atoms with E-state index in [2.05, 4.69) is 30.4 Å². The van der Waals surface area contributed by atoms with E-state index >= 15 is 0 Å². The van der Waals surface area contributed by atoms with Gasteiger partial charge < -0.3 is 0 Å². The number of rotatable bonds is 19. The molecule has 0 saturated carbocycles. The topological polar surface area (TPSA) is 3.24 Å². The molecule has 0 rings (SSSR count). The molecule has 0 aliphatic heterocycles. The second kappa shape index (κ2) is 20.7. The van der Waals surface area contributed by atoms with Crippen LogP contribution in [0.5, 0.6) is 0 Å². The molecular formula is C20H43NS2. The van der Waals surface area contributed by atoms with E-state index in [1.165, 1.54) is 108 Å². The highest BCUT2D eigenvalue weighted by Gasteiger charge is 2.00. The molecule has 0 fully saturated rings. The molecule has 140 valence electrons. The molecule has 0 spiro atoms. The van der Waals surface area contributed by atoms with Gasteiger partial charge in [0, 0.05) is 12.3 Å². The van der Waals surface area contributed by atoms with Gasteiger partial charge >= 0.3 is 0 Å². The van der Waals surface area contributed by atoms with Gasteiger partial charge in [0.25, 0.3) is 0 Å². The zero-order valence-corrected chi connectivity index (χ0v) is 17.7. The number of thiol groups is 1. The summed E-state index contributed by atoms with van der Waals surface area (Å²) in [6.07, 6.45) is 22.4. The van der Waals surface area contributed by atoms with Crippen LogP contribution in [0, 0.1) is 0 Å². The standard InChI is InChI=1S/C20H43NS2/c1-3-5-7-9-11-13-15-17-19-21(22)23-20-18-16-14-12-10-8-6-4-2/h22H,3-20H2,1-2H3. The molecule has 0 bridgehead atoms. The van der Waals surface area contributed by atoms with Crippen molar-refractivity contribution in [3.8, 4) is 0 Å². The van der Waals surface area contributed by atoms with Gasteiger partial charge in [-0.25, -0.2) is 0 Å². The molecular weight excluding hydrogens is 318 g/mol. The first-order chi connectivity index (χ1) is 11.3. The lowest BCUT2D eigenvalue weighted by Gasteiger charge is -2.13. The van der Waals surface area contributed by atoms with Crippen molar-refractivity contribution in [3.05, 3.63) is 0 Å². The van der Waals surface area contributed by atoms with Crippen molar-refractivity contribution in [1.29, 1.82) is 0 Å². The number of hydrogen-bond donors (Lipinski definition) is 1. The van der Waals surface area contributed by atoms with Crippen LogP contribution < -0.4 is 0 Å². The van der Waals surface area contributed by atoms with Crippen molar-refractivity contribution in [2.24, 2.45) is 0 Å². The Morgan fingerprint density at radius 3 is 1.43 bits per heavy atom. The summed E-state index contributed by atoms with van der Waals surface area (Å²) in [5.74, 6) is 1.25. The van der Waals surface area contributed by atoms with E-state index in [1.807, 2.05) is 11.9 Å². The molecule has 0 aliphatic rings. The Hall–Kier alpha value is 0.660. The lowest BCUT2D eigenvalue weighted by atomic mass is 10.1. The van der Waals surface area contributed by atoms with Crippen molar-refractivity contribution in [2.45, 2.75) is 117 Å². The Labute approximate surface area is 157 Å². The Morgan fingerprint density at radius 1 is 0.565 bits per heavy atom. The second-order valence-corrected chi connectivity index (χ2v) is 8.72. The molecule has 0 saturated heterocycles. The van der Waals surface area contributed by atoms with Gasteiger partial charge in [-0.05, 0) is 12.8 Å². The SMILES string of the molecule is CCCCCCCCCCSN(S)CCCCCCCCCC. The van der Waals surface area contributed by atoms with Gasteiger partial charge in [-0.1, -0.05) is 129 Å². The average molecular weight is 362 g/mol. The molecule has 0 atom stereocenters. The van der Waals surface area contributed by atoms with E-state index in [4.69, 9.17) is 0 Å². The molecule has 0 aromatic heterocycles. The fraction of sp³-hybridized carbons (Fsp3) is 1.00. The summed E-state index contributed by atoms with van der Waals surface area (Å²) in [6.45, 7) is 5.71. The van der Waals surface area contributed by atoms with Gasteiger partial charge in [0.2, 0.25) is 0 Å². The molecule has 0 heterocycles. The van der Waals surface area contributed by atoms with Gasteiger partial charge in [-0.3, -0.25) is 0 Å². The third-order valence-electron chi connectivity index (χ3n) is 4.44. The van der Waals surface area contributed by atoms with E-state index < -0.39 is 0 Å². The normalized spacial score (nSPS) is 11.5. The van der Waals surface area contributed by atoms with Crippen LogP contribution in [0.1, 0.15) is 117 Å². The van der Waals surface area contributed by atoms with E-state index in [9.17, 15) is 0 Å². The van der Waals surface area contributed by atoms with Gasteiger partial charge in [-0.15, -0.1) is 0 Å². The predicted molar refractivity (Wildman–Crippen MR) is 113 cm³/mol. The van der Waals surface area contributed by atoms with Gasteiger partial charge in [0.05, 0.1) is 0 Å². The number of hydrogen-bond acceptors (Lipinski definition) is 3. The zero-order valence-electron chi connectivity index (χ0n) is 16.0. The quantitative estimate of drug-likeness (QED) is 0.141. The van der Waals surface area contributed by atoms with Crippen LogP contribution in [0.3, 0.4) is 0 Å². The number of unbranched alkanes of at least 4 members (excludes halogenated alkanes) is 14. The van der Waals surface area contributed by atoms with Crippen molar-refractivity contribution < 1.29 is 0 Å². The highest BCUT2D eigenvalue weighted by Crippen LogP contribution is 2.18. The third kappa shape index (κ3) is 20.6. The fourth-order valence-corrected chi connectivity index (χ4v) is 4.04. The summed E-state index contributed by atoms with van der Waals surface area (Å²) < 4.78 is 2.17. The molecule has 0 radical (unpaired) electrons. The van der Waals surface area contributed by atoms with Crippen LogP contribution in [0.15, 0.2) is 0 Å². The third-order valence-corrected chi connectivity index (χ3v) is 5.94. The van der Waals surface area contributed by atoms with Crippen LogP contribution in [-0.2, 0) is 0 Å². The maximum Gasteiger partial charge on any atom is 0.0200 e. The molecule has 0 aromatic carbocycles. The lowest BCUT2D eigenvalue weighted by molar-refractivity contribution is 0.556. The fourth-order valence-electron chi connectivity index (χ4n) is 2.85. The highest BCUT2D eigenvalue weighted by atomic mass is 32.2. The smallest absolute Gasteiger partial charge is 0.0200 e. The minimum Gasteiger partial charge on any atom is -0.197 e. The summed E-state index contributed by atoms with van der Waals surface area (Å²) in [4.78, 5) is 0. The summed E-state index contributed by atoms with van der Waals surface area (Å²) >= 11 is 6.50. The first kappa shape index (κ1) is 23.7. The van der Waals surface area contributed by atoms with Crippen LogP contribution in [0.25, 0.3) is 0 Å². The first-order valence-electron chi connectivity index (χ1n) is 10.4. The Kier molecular flexibility index (Phi) is 21.3. The second-order valence-electron chi connectivity index (χ2n) is 6.86. The molecule has 3 heteroatoms. The van der Waals surface area contributed by atoms with Crippen LogP contribution in [0.2, 0.25) is 0 Å². The first-order valence-corrected chi connectivity index (χ1v) is 11.7. The summed E-state index contributed by atoms with van der Waals surface area (Å²) in [6, 6.07) is 0. The van der Waals surface area contributed by atoms with E-state index in [0.29, 0.717) is 0 Å².